The van der Waals surface area contributed by atoms with E-state index in [1.807, 2.05) is 24.3 Å². The van der Waals surface area contributed by atoms with Crippen molar-refractivity contribution in [1.29, 1.82) is 0 Å². The molecule has 0 heterocycles. The molecule has 1 aromatic carbocycles. The van der Waals surface area contributed by atoms with Gasteiger partial charge in [0.05, 0.1) is 6.42 Å². The lowest BCUT2D eigenvalue weighted by Gasteiger charge is -2.19. The lowest BCUT2D eigenvalue weighted by Crippen LogP contribution is -2.44. The van der Waals surface area contributed by atoms with Gasteiger partial charge in [-0.15, -0.1) is 11.6 Å². The molecular formula is C14H19ClN2O3. The summed E-state index contributed by atoms with van der Waals surface area (Å²) in [6, 6.07) is 7.36. The number of hydrogen-bond acceptors (Lipinski definition) is 3. The first-order valence-corrected chi connectivity index (χ1v) is 6.75. The molecule has 0 aliphatic heterocycles. The number of benzene rings is 1. The third kappa shape index (κ3) is 6.43. The van der Waals surface area contributed by atoms with E-state index in [1.54, 1.807) is 20.8 Å². The fraction of sp³-hybridized carbons (Fsp3) is 0.429. The lowest BCUT2D eigenvalue weighted by molar-refractivity contribution is -0.121. The van der Waals surface area contributed by atoms with Crippen molar-refractivity contribution < 1.29 is 14.3 Å². The summed E-state index contributed by atoms with van der Waals surface area (Å²) < 4.78 is 4.99. The minimum atomic E-state index is -0.691. The van der Waals surface area contributed by atoms with Gasteiger partial charge in [0.1, 0.15) is 5.60 Å². The van der Waals surface area contributed by atoms with E-state index >= 15 is 0 Å². The van der Waals surface area contributed by atoms with Crippen LogP contribution in [-0.2, 0) is 21.8 Å². The molecule has 0 fully saturated rings. The molecule has 0 aliphatic carbocycles. The van der Waals surface area contributed by atoms with E-state index in [1.165, 1.54) is 0 Å². The summed E-state index contributed by atoms with van der Waals surface area (Å²) in [4.78, 5) is 23.0. The second-order valence-corrected chi connectivity index (χ2v) is 5.57. The van der Waals surface area contributed by atoms with E-state index in [4.69, 9.17) is 16.3 Å². The van der Waals surface area contributed by atoms with Gasteiger partial charge in [0, 0.05) is 5.88 Å². The lowest BCUT2D eigenvalue weighted by atomic mass is 10.1. The maximum absolute atomic E-state index is 11.6. The standard InChI is InChI=1S/C14H19ClN2O3/c1-14(2,3)20-13(19)17-16-12(18)8-10-4-6-11(9-15)7-5-10/h4-7H,8-9H2,1-3H3,(H,16,18)(H,17,19). The maximum atomic E-state index is 11.6. The predicted octanol–water partition coefficient (Wildman–Crippen LogP) is 2.52. The van der Waals surface area contributed by atoms with Crippen LogP contribution in [0.1, 0.15) is 31.9 Å². The molecule has 20 heavy (non-hydrogen) atoms. The van der Waals surface area contributed by atoms with E-state index in [2.05, 4.69) is 10.9 Å². The zero-order chi connectivity index (χ0) is 15.2. The Morgan fingerprint density at radius 3 is 2.15 bits per heavy atom. The predicted molar refractivity (Wildman–Crippen MR) is 77.2 cm³/mol. The number of carbonyl (C=O) groups is 2. The largest absolute Gasteiger partial charge is 0.443 e. The second kappa shape index (κ2) is 7.14. The Labute approximate surface area is 123 Å². The van der Waals surface area contributed by atoms with Crippen LogP contribution in [0.2, 0.25) is 0 Å². The number of halogens is 1. The molecule has 6 heteroatoms. The van der Waals surface area contributed by atoms with Gasteiger partial charge in [0.2, 0.25) is 5.91 Å². The van der Waals surface area contributed by atoms with Gasteiger partial charge in [-0.1, -0.05) is 24.3 Å². The summed E-state index contributed by atoms with van der Waals surface area (Å²) in [6.45, 7) is 5.23. The molecule has 0 unspecified atom stereocenters. The first-order chi connectivity index (χ1) is 9.30. The van der Waals surface area contributed by atoms with Crippen molar-refractivity contribution in [2.24, 2.45) is 0 Å². The molecule has 5 nitrogen and oxygen atoms in total. The molecule has 2 N–H and O–H groups in total. The van der Waals surface area contributed by atoms with E-state index in [-0.39, 0.29) is 12.3 Å². The number of alkyl halides is 1. The molecule has 0 spiro atoms. The molecule has 110 valence electrons. The number of carbonyl (C=O) groups excluding carboxylic acids is 2. The van der Waals surface area contributed by atoms with Crippen LogP contribution >= 0.6 is 11.6 Å². The Hall–Kier alpha value is -1.75. The van der Waals surface area contributed by atoms with Crippen molar-refractivity contribution in [3.63, 3.8) is 0 Å². The van der Waals surface area contributed by atoms with Crippen LogP contribution in [-0.4, -0.2) is 17.6 Å². The fourth-order valence-corrected chi connectivity index (χ4v) is 1.58. The van der Waals surface area contributed by atoms with Crippen LogP contribution in [0.4, 0.5) is 4.79 Å². The fourth-order valence-electron chi connectivity index (χ4n) is 1.40. The van der Waals surface area contributed by atoms with Crippen LogP contribution < -0.4 is 10.9 Å². The Morgan fingerprint density at radius 1 is 1.10 bits per heavy atom. The van der Waals surface area contributed by atoms with E-state index < -0.39 is 11.7 Å². The molecule has 2 amide bonds. The highest BCUT2D eigenvalue weighted by Gasteiger charge is 2.16. The van der Waals surface area contributed by atoms with Gasteiger partial charge in [-0.3, -0.25) is 10.2 Å². The molecule has 1 rings (SSSR count). The van der Waals surface area contributed by atoms with Crippen molar-refractivity contribution in [1.82, 2.24) is 10.9 Å². The van der Waals surface area contributed by atoms with Crippen molar-refractivity contribution in [2.45, 2.75) is 38.7 Å². The third-order valence-electron chi connectivity index (χ3n) is 2.24. The summed E-state index contributed by atoms with van der Waals surface area (Å²) in [5.74, 6) is 0.113. The second-order valence-electron chi connectivity index (χ2n) is 5.30. The van der Waals surface area contributed by atoms with Gasteiger partial charge in [0.25, 0.3) is 0 Å². The summed E-state index contributed by atoms with van der Waals surface area (Å²) in [7, 11) is 0. The molecule has 0 atom stereocenters. The molecule has 0 aromatic heterocycles. The van der Waals surface area contributed by atoms with E-state index in [0.717, 1.165) is 11.1 Å². The number of amides is 2. The highest BCUT2D eigenvalue weighted by Crippen LogP contribution is 2.08. The molecule has 0 saturated carbocycles. The van der Waals surface area contributed by atoms with Crippen molar-refractivity contribution >= 4 is 23.6 Å². The summed E-state index contributed by atoms with van der Waals surface area (Å²) >= 11 is 5.68. The minimum absolute atomic E-state index is 0.165. The number of ether oxygens (including phenoxy) is 1. The number of rotatable bonds is 3. The van der Waals surface area contributed by atoms with E-state index in [9.17, 15) is 9.59 Å². The first-order valence-electron chi connectivity index (χ1n) is 6.22. The van der Waals surface area contributed by atoms with Crippen LogP contribution in [0.5, 0.6) is 0 Å². The third-order valence-corrected chi connectivity index (χ3v) is 2.55. The maximum Gasteiger partial charge on any atom is 0.426 e. The quantitative estimate of drug-likeness (QED) is 0.665. The first kappa shape index (κ1) is 16.3. The Morgan fingerprint density at radius 2 is 1.65 bits per heavy atom. The molecular weight excluding hydrogens is 280 g/mol. The summed E-state index contributed by atoms with van der Waals surface area (Å²) in [5, 5.41) is 0. The van der Waals surface area contributed by atoms with Crippen molar-refractivity contribution in [2.75, 3.05) is 0 Å². The van der Waals surface area contributed by atoms with Gasteiger partial charge in [0.15, 0.2) is 0 Å². The van der Waals surface area contributed by atoms with Gasteiger partial charge in [-0.25, -0.2) is 10.2 Å². The molecule has 1 aromatic rings. The van der Waals surface area contributed by atoms with Crippen LogP contribution in [0.3, 0.4) is 0 Å². The zero-order valence-electron chi connectivity index (χ0n) is 11.8. The summed E-state index contributed by atoms with van der Waals surface area (Å²) in [6.07, 6.45) is -0.526. The molecule has 0 bridgehead atoms. The SMILES string of the molecule is CC(C)(C)OC(=O)NNC(=O)Cc1ccc(CCl)cc1. The van der Waals surface area contributed by atoms with Crippen LogP contribution in [0.15, 0.2) is 24.3 Å². The normalized spacial score (nSPS) is 10.8. The average molecular weight is 299 g/mol. The van der Waals surface area contributed by atoms with E-state index in [0.29, 0.717) is 5.88 Å². The highest BCUT2D eigenvalue weighted by molar-refractivity contribution is 6.17. The van der Waals surface area contributed by atoms with Gasteiger partial charge in [-0.2, -0.15) is 0 Å². The smallest absolute Gasteiger partial charge is 0.426 e. The summed E-state index contributed by atoms with van der Waals surface area (Å²) in [5.41, 5.74) is 5.71. The Balaban J connectivity index is 2.38. The topological polar surface area (TPSA) is 67.4 Å². The monoisotopic (exact) mass is 298 g/mol. The average Bonchev–Trinajstić information content (AvgIpc) is 2.35. The van der Waals surface area contributed by atoms with Gasteiger partial charge >= 0.3 is 6.09 Å². The molecule has 0 saturated heterocycles. The number of nitrogens with one attached hydrogen (secondary N) is 2. The van der Waals surface area contributed by atoms with Crippen molar-refractivity contribution in [3.05, 3.63) is 35.4 Å². The van der Waals surface area contributed by atoms with Crippen LogP contribution in [0, 0.1) is 0 Å². The van der Waals surface area contributed by atoms with Gasteiger partial charge < -0.3 is 4.74 Å². The van der Waals surface area contributed by atoms with Crippen molar-refractivity contribution in [3.8, 4) is 0 Å². The van der Waals surface area contributed by atoms with Crippen LogP contribution in [0.25, 0.3) is 0 Å². The number of hydrogen-bond donors (Lipinski definition) is 2. The zero-order valence-corrected chi connectivity index (χ0v) is 12.6. The Kier molecular flexibility index (Phi) is 5.82. The highest BCUT2D eigenvalue weighted by atomic mass is 35.5. The molecule has 0 aliphatic rings. The number of hydrazine groups is 1. The Bertz CT molecular complexity index is 466. The molecule has 0 radical (unpaired) electrons. The minimum Gasteiger partial charge on any atom is -0.443 e. The van der Waals surface area contributed by atoms with Gasteiger partial charge in [-0.05, 0) is 31.9 Å².